The fraction of sp³-hybridized carbons (Fsp3) is 0.909. The minimum atomic E-state index is -1.55. The maximum atomic E-state index is 13.1. The average molecular weight is 908 g/mol. The molecule has 0 aromatic carbocycles. The van der Waals surface area contributed by atoms with Crippen LogP contribution in [0.15, 0.2) is 24.3 Å². The zero-order valence-corrected chi connectivity index (χ0v) is 41.8. The number of aliphatic hydroxyl groups is 5. The zero-order valence-electron chi connectivity index (χ0n) is 41.8. The van der Waals surface area contributed by atoms with E-state index in [9.17, 15) is 30.3 Å². The summed E-state index contributed by atoms with van der Waals surface area (Å²) >= 11 is 0. The molecule has 0 bridgehead atoms. The molecular weight excluding hydrogens is 803 g/mol. The first-order valence-electron chi connectivity index (χ1n) is 27.5. The van der Waals surface area contributed by atoms with Gasteiger partial charge in [0.25, 0.3) is 0 Å². The summed E-state index contributed by atoms with van der Waals surface area (Å²) in [5.74, 6) is -0.142. The van der Waals surface area contributed by atoms with Gasteiger partial charge in [-0.2, -0.15) is 0 Å². The van der Waals surface area contributed by atoms with Gasteiger partial charge >= 0.3 is 0 Å². The topological polar surface area (TPSA) is 149 Å². The van der Waals surface area contributed by atoms with Gasteiger partial charge in [0.2, 0.25) is 5.91 Å². The number of rotatable bonds is 47. The molecule has 7 atom stereocenters. The standard InChI is InChI=1S/C55H105NO8/c1-3-5-7-9-11-13-15-17-19-21-22-23-24-25-26-27-28-29-31-33-35-37-39-41-43-45-51(59)56-48(47-63-55-54(62)53(61)52(60)50(46-57)64-55)49(58)44-42-40-38-36-34-32-30-20-18-16-14-12-10-8-6-4-2/h15,17,21-22,48-50,52-55,57-58,60-62H,3-14,16,18-20,23-47H2,1-2H3,(H,56,59)/b17-15-,22-21-. The number of hydrogen-bond donors (Lipinski definition) is 6. The Morgan fingerprint density at radius 3 is 1.34 bits per heavy atom. The molecular formula is C55H105NO8. The minimum Gasteiger partial charge on any atom is -0.394 e. The molecule has 1 fully saturated rings. The summed E-state index contributed by atoms with van der Waals surface area (Å²) in [6, 6.07) is -0.717. The van der Waals surface area contributed by atoms with Crippen molar-refractivity contribution in [3.8, 4) is 0 Å². The van der Waals surface area contributed by atoms with Crippen LogP contribution < -0.4 is 5.32 Å². The highest BCUT2D eigenvalue weighted by atomic mass is 16.7. The Morgan fingerprint density at radius 2 is 0.922 bits per heavy atom. The van der Waals surface area contributed by atoms with E-state index >= 15 is 0 Å². The third kappa shape index (κ3) is 34.9. The highest BCUT2D eigenvalue weighted by Crippen LogP contribution is 2.23. The van der Waals surface area contributed by atoms with Crippen molar-refractivity contribution in [1.29, 1.82) is 0 Å². The largest absolute Gasteiger partial charge is 0.394 e. The Labute approximate surface area is 394 Å². The molecule has 1 rings (SSSR count). The summed E-state index contributed by atoms with van der Waals surface area (Å²) in [4.78, 5) is 13.1. The van der Waals surface area contributed by atoms with E-state index in [1.807, 2.05) is 0 Å². The summed E-state index contributed by atoms with van der Waals surface area (Å²) in [6.45, 7) is 3.85. The smallest absolute Gasteiger partial charge is 0.220 e. The molecule has 0 aromatic heterocycles. The fourth-order valence-electron chi connectivity index (χ4n) is 8.90. The molecule has 1 amide bonds. The van der Waals surface area contributed by atoms with Crippen LogP contribution in [0.25, 0.3) is 0 Å². The number of ether oxygens (including phenoxy) is 2. The molecule has 378 valence electrons. The Balaban J connectivity index is 2.21. The molecule has 64 heavy (non-hydrogen) atoms. The van der Waals surface area contributed by atoms with Crippen molar-refractivity contribution in [1.82, 2.24) is 5.32 Å². The predicted molar refractivity (Wildman–Crippen MR) is 267 cm³/mol. The highest BCUT2D eigenvalue weighted by molar-refractivity contribution is 5.76. The van der Waals surface area contributed by atoms with Gasteiger partial charge in [0.1, 0.15) is 24.4 Å². The monoisotopic (exact) mass is 908 g/mol. The quantitative estimate of drug-likeness (QED) is 0.0261. The average Bonchev–Trinajstić information content (AvgIpc) is 3.29. The minimum absolute atomic E-state index is 0.135. The van der Waals surface area contributed by atoms with E-state index in [1.54, 1.807) is 0 Å². The highest BCUT2D eigenvalue weighted by Gasteiger charge is 2.44. The van der Waals surface area contributed by atoms with Crippen LogP contribution in [0.2, 0.25) is 0 Å². The predicted octanol–water partition coefficient (Wildman–Crippen LogP) is 13.0. The molecule has 0 radical (unpaired) electrons. The molecule has 1 aliphatic rings. The van der Waals surface area contributed by atoms with Gasteiger partial charge < -0.3 is 40.3 Å². The first-order chi connectivity index (χ1) is 31.3. The van der Waals surface area contributed by atoms with Crippen LogP contribution in [-0.4, -0.2) is 87.5 Å². The lowest BCUT2D eigenvalue weighted by atomic mass is 9.99. The number of allylic oxidation sites excluding steroid dienone is 4. The van der Waals surface area contributed by atoms with E-state index in [-0.39, 0.29) is 12.5 Å². The van der Waals surface area contributed by atoms with Crippen molar-refractivity contribution in [3.05, 3.63) is 24.3 Å². The van der Waals surface area contributed by atoms with E-state index < -0.39 is 49.5 Å². The summed E-state index contributed by atoms with van der Waals surface area (Å²) < 4.78 is 11.3. The van der Waals surface area contributed by atoms with Crippen LogP contribution in [0, 0.1) is 0 Å². The Hall–Kier alpha value is -1.33. The van der Waals surface area contributed by atoms with Crippen LogP contribution in [-0.2, 0) is 14.3 Å². The van der Waals surface area contributed by atoms with Crippen LogP contribution in [0.3, 0.4) is 0 Å². The normalized spacial score (nSPS) is 20.1. The number of unbranched alkanes of at least 4 members (excludes halogenated alkanes) is 33. The lowest BCUT2D eigenvalue weighted by Crippen LogP contribution is -2.60. The van der Waals surface area contributed by atoms with Crippen LogP contribution in [0.5, 0.6) is 0 Å². The number of carbonyl (C=O) groups excluding carboxylic acids is 1. The van der Waals surface area contributed by atoms with Gasteiger partial charge in [0.15, 0.2) is 6.29 Å². The lowest BCUT2D eigenvalue weighted by Gasteiger charge is -2.40. The van der Waals surface area contributed by atoms with E-state index in [1.165, 1.54) is 193 Å². The summed E-state index contributed by atoms with van der Waals surface area (Å²) in [5.41, 5.74) is 0. The molecule has 1 aliphatic heterocycles. The zero-order chi connectivity index (χ0) is 46.6. The molecule has 1 heterocycles. The van der Waals surface area contributed by atoms with Crippen molar-refractivity contribution in [2.45, 2.75) is 307 Å². The van der Waals surface area contributed by atoms with Gasteiger partial charge in [-0.05, 0) is 44.9 Å². The second kappa shape index (κ2) is 45.5. The number of carbonyl (C=O) groups is 1. The van der Waals surface area contributed by atoms with Crippen molar-refractivity contribution in [2.75, 3.05) is 13.2 Å². The van der Waals surface area contributed by atoms with Crippen molar-refractivity contribution in [3.63, 3.8) is 0 Å². The molecule has 7 unspecified atom stereocenters. The van der Waals surface area contributed by atoms with Crippen molar-refractivity contribution >= 4 is 5.91 Å². The third-order valence-corrected chi connectivity index (χ3v) is 13.3. The molecule has 6 N–H and O–H groups in total. The molecule has 9 nitrogen and oxygen atoms in total. The Kier molecular flexibility index (Phi) is 43.1. The maximum Gasteiger partial charge on any atom is 0.220 e. The van der Waals surface area contributed by atoms with Gasteiger partial charge in [-0.25, -0.2) is 0 Å². The second-order valence-corrected chi connectivity index (χ2v) is 19.4. The third-order valence-electron chi connectivity index (χ3n) is 13.3. The van der Waals surface area contributed by atoms with Gasteiger partial charge in [0.05, 0.1) is 25.4 Å². The number of hydrogen-bond acceptors (Lipinski definition) is 8. The van der Waals surface area contributed by atoms with Crippen LogP contribution in [0.4, 0.5) is 0 Å². The Morgan fingerprint density at radius 1 is 0.531 bits per heavy atom. The summed E-state index contributed by atoms with van der Waals surface area (Å²) in [6.07, 6.45) is 49.1. The molecule has 1 saturated heterocycles. The van der Waals surface area contributed by atoms with Crippen molar-refractivity contribution < 1.29 is 39.8 Å². The fourth-order valence-corrected chi connectivity index (χ4v) is 8.90. The van der Waals surface area contributed by atoms with Gasteiger partial charge in [-0.15, -0.1) is 0 Å². The van der Waals surface area contributed by atoms with Crippen LogP contribution >= 0.6 is 0 Å². The number of amides is 1. The Bertz CT molecular complexity index is 1060. The number of nitrogens with one attached hydrogen (secondary N) is 1. The maximum absolute atomic E-state index is 13.1. The summed E-state index contributed by atoms with van der Waals surface area (Å²) in [7, 11) is 0. The van der Waals surface area contributed by atoms with E-state index in [4.69, 9.17) is 9.47 Å². The van der Waals surface area contributed by atoms with Crippen molar-refractivity contribution in [2.24, 2.45) is 0 Å². The van der Waals surface area contributed by atoms with Gasteiger partial charge in [-0.1, -0.05) is 237 Å². The SMILES string of the molecule is CCCCCCC/C=C\C/C=C\CCCCCCCCCCCCCCCC(=O)NC(COC1OC(CO)C(O)C(O)C1O)C(O)CCCCCCCCCCCCCCCCCC. The second-order valence-electron chi connectivity index (χ2n) is 19.4. The van der Waals surface area contributed by atoms with E-state index in [0.29, 0.717) is 12.8 Å². The molecule has 9 heteroatoms. The van der Waals surface area contributed by atoms with Crippen LogP contribution in [0.1, 0.15) is 264 Å². The lowest BCUT2D eigenvalue weighted by molar-refractivity contribution is -0.302. The summed E-state index contributed by atoms with van der Waals surface area (Å²) in [5, 5.41) is 54.6. The first-order valence-corrected chi connectivity index (χ1v) is 27.5. The van der Waals surface area contributed by atoms with Gasteiger partial charge in [-0.3, -0.25) is 4.79 Å². The first kappa shape index (κ1) is 60.7. The number of aliphatic hydroxyl groups excluding tert-OH is 5. The van der Waals surface area contributed by atoms with E-state index in [0.717, 1.165) is 44.9 Å². The molecule has 0 saturated carbocycles. The van der Waals surface area contributed by atoms with E-state index in [2.05, 4.69) is 43.5 Å². The molecule has 0 aromatic rings. The molecule has 0 spiro atoms. The molecule has 0 aliphatic carbocycles. The van der Waals surface area contributed by atoms with Gasteiger partial charge in [0, 0.05) is 6.42 Å².